The Bertz CT molecular complexity index is 284. The zero-order chi connectivity index (χ0) is 11.1. The number of hydrogen-bond acceptors (Lipinski definition) is 3. The van der Waals surface area contributed by atoms with Crippen molar-refractivity contribution in [3.05, 3.63) is 23.9 Å². The van der Waals surface area contributed by atoms with E-state index in [0.717, 1.165) is 25.3 Å². The van der Waals surface area contributed by atoms with Crippen molar-refractivity contribution in [1.82, 2.24) is 10.3 Å². The lowest BCUT2D eigenvalue weighted by Gasteiger charge is -2.13. The highest BCUT2D eigenvalue weighted by molar-refractivity contribution is 5.44. The number of hydrogen-bond donors (Lipinski definition) is 2. The first-order valence-corrected chi connectivity index (χ1v) is 5.65. The number of rotatable bonds is 6. The van der Waals surface area contributed by atoms with Gasteiger partial charge in [-0.05, 0) is 32.9 Å². The monoisotopic (exact) mass is 207 g/mol. The third kappa shape index (κ3) is 4.30. The van der Waals surface area contributed by atoms with Crippen molar-refractivity contribution < 1.29 is 0 Å². The molecule has 3 nitrogen and oxygen atoms in total. The molecular formula is C12H21N3. The van der Waals surface area contributed by atoms with Crippen LogP contribution in [-0.4, -0.2) is 17.6 Å². The minimum Gasteiger partial charge on any atom is -0.368 e. The summed E-state index contributed by atoms with van der Waals surface area (Å²) in [5, 5.41) is 6.73. The largest absolute Gasteiger partial charge is 0.368 e. The highest BCUT2D eigenvalue weighted by atomic mass is 15.0. The number of pyridine rings is 1. The Morgan fingerprint density at radius 2 is 2.20 bits per heavy atom. The van der Waals surface area contributed by atoms with Crippen LogP contribution in [0.4, 0.5) is 5.82 Å². The first kappa shape index (κ1) is 12.0. The molecule has 3 heteroatoms. The van der Waals surface area contributed by atoms with Crippen LogP contribution < -0.4 is 10.6 Å². The van der Waals surface area contributed by atoms with Gasteiger partial charge in [0.15, 0.2) is 0 Å². The molecule has 1 heterocycles. The van der Waals surface area contributed by atoms with Crippen LogP contribution >= 0.6 is 0 Å². The molecule has 84 valence electrons. The molecule has 0 aliphatic heterocycles. The predicted molar refractivity (Wildman–Crippen MR) is 65.0 cm³/mol. The van der Waals surface area contributed by atoms with Crippen LogP contribution in [0.5, 0.6) is 0 Å². The predicted octanol–water partition coefficient (Wildman–Crippen LogP) is 2.40. The SMILES string of the molecule is CCCNCc1cccnc1NC(C)C. The zero-order valence-electron chi connectivity index (χ0n) is 9.88. The third-order valence-electron chi connectivity index (χ3n) is 2.06. The van der Waals surface area contributed by atoms with E-state index in [1.807, 2.05) is 12.3 Å². The highest BCUT2D eigenvalue weighted by Crippen LogP contribution is 2.11. The van der Waals surface area contributed by atoms with Crippen molar-refractivity contribution in [3.8, 4) is 0 Å². The van der Waals surface area contributed by atoms with Crippen LogP contribution in [-0.2, 0) is 6.54 Å². The second-order valence-corrected chi connectivity index (χ2v) is 3.99. The lowest BCUT2D eigenvalue weighted by molar-refractivity contribution is 0.673. The Labute approximate surface area is 92.3 Å². The summed E-state index contributed by atoms with van der Waals surface area (Å²) in [6, 6.07) is 4.51. The van der Waals surface area contributed by atoms with Crippen LogP contribution in [0.15, 0.2) is 18.3 Å². The van der Waals surface area contributed by atoms with Crippen LogP contribution in [0.2, 0.25) is 0 Å². The molecule has 2 N–H and O–H groups in total. The molecule has 0 atom stereocenters. The minimum atomic E-state index is 0.421. The van der Waals surface area contributed by atoms with Gasteiger partial charge in [-0.1, -0.05) is 13.0 Å². The molecule has 1 rings (SSSR count). The summed E-state index contributed by atoms with van der Waals surface area (Å²) in [4.78, 5) is 4.35. The van der Waals surface area contributed by atoms with Crippen molar-refractivity contribution in [2.24, 2.45) is 0 Å². The summed E-state index contributed by atoms with van der Waals surface area (Å²) in [6.45, 7) is 8.35. The molecule has 0 aromatic carbocycles. The maximum Gasteiger partial charge on any atom is 0.130 e. The van der Waals surface area contributed by atoms with Crippen LogP contribution in [0.1, 0.15) is 32.8 Å². The number of nitrogens with zero attached hydrogens (tertiary/aromatic N) is 1. The van der Waals surface area contributed by atoms with Gasteiger partial charge in [-0.3, -0.25) is 0 Å². The Morgan fingerprint density at radius 3 is 2.87 bits per heavy atom. The van der Waals surface area contributed by atoms with Crippen molar-refractivity contribution >= 4 is 5.82 Å². The Kier molecular flexibility index (Phi) is 5.12. The van der Waals surface area contributed by atoms with Crippen LogP contribution in [0, 0.1) is 0 Å². The van der Waals surface area contributed by atoms with E-state index in [-0.39, 0.29) is 0 Å². The minimum absolute atomic E-state index is 0.421. The van der Waals surface area contributed by atoms with Gasteiger partial charge < -0.3 is 10.6 Å². The second kappa shape index (κ2) is 6.40. The van der Waals surface area contributed by atoms with E-state index in [1.54, 1.807) is 0 Å². The van der Waals surface area contributed by atoms with E-state index in [4.69, 9.17) is 0 Å². The number of nitrogens with one attached hydrogen (secondary N) is 2. The quantitative estimate of drug-likeness (QED) is 0.703. The molecule has 0 spiro atoms. The standard InChI is InChI=1S/C12H21N3/c1-4-7-13-9-11-6-5-8-14-12(11)15-10(2)3/h5-6,8,10,13H,4,7,9H2,1-3H3,(H,14,15). The van der Waals surface area contributed by atoms with Gasteiger partial charge in [-0.25, -0.2) is 4.98 Å². The molecule has 0 radical (unpaired) electrons. The average Bonchev–Trinajstić information content (AvgIpc) is 2.20. The van der Waals surface area contributed by atoms with E-state index >= 15 is 0 Å². The highest BCUT2D eigenvalue weighted by Gasteiger charge is 2.03. The average molecular weight is 207 g/mol. The molecule has 0 amide bonds. The number of aromatic nitrogens is 1. The summed E-state index contributed by atoms with van der Waals surface area (Å²) in [7, 11) is 0. The summed E-state index contributed by atoms with van der Waals surface area (Å²) < 4.78 is 0. The maximum atomic E-state index is 4.35. The molecule has 1 aromatic heterocycles. The van der Waals surface area contributed by atoms with E-state index < -0.39 is 0 Å². The molecule has 0 bridgehead atoms. The number of anilines is 1. The molecular weight excluding hydrogens is 186 g/mol. The third-order valence-corrected chi connectivity index (χ3v) is 2.06. The van der Waals surface area contributed by atoms with Gasteiger partial charge in [0.1, 0.15) is 5.82 Å². The van der Waals surface area contributed by atoms with Crippen LogP contribution in [0.3, 0.4) is 0 Å². The lowest BCUT2D eigenvalue weighted by atomic mass is 10.2. The lowest BCUT2D eigenvalue weighted by Crippen LogP contribution is -2.18. The maximum absolute atomic E-state index is 4.35. The summed E-state index contributed by atoms with van der Waals surface area (Å²) in [5.74, 6) is 0.996. The normalized spacial score (nSPS) is 10.7. The van der Waals surface area contributed by atoms with E-state index in [9.17, 15) is 0 Å². The van der Waals surface area contributed by atoms with E-state index in [2.05, 4.69) is 42.5 Å². The Balaban J connectivity index is 2.60. The van der Waals surface area contributed by atoms with Gasteiger partial charge in [0.2, 0.25) is 0 Å². The Hall–Kier alpha value is -1.09. The zero-order valence-corrected chi connectivity index (χ0v) is 9.88. The van der Waals surface area contributed by atoms with Crippen molar-refractivity contribution in [2.75, 3.05) is 11.9 Å². The molecule has 0 fully saturated rings. The summed E-state index contributed by atoms with van der Waals surface area (Å²) >= 11 is 0. The molecule has 0 unspecified atom stereocenters. The first-order chi connectivity index (χ1) is 7.24. The van der Waals surface area contributed by atoms with Crippen LogP contribution in [0.25, 0.3) is 0 Å². The molecule has 0 saturated heterocycles. The van der Waals surface area contributed by atoms with Crippen molar-refractivity contribution in [2.45, 2.75) is 39.8 Å². The molecule has 0 aliphatic carbocycles. The van der Waals surface area contributed by atoms with Gasteiger partial charge >= 0.3 is 0 Å². The first-order valence-electron chi connectivity index (χ1n) is 5.65. The van der Waals surface area contributed by atoms with Crippen molar-refractivity contribution in [3.63, 3.8) is 0 Å². The van der Waals surface area contributed by atoms with E-state index in [1.165, 1.54) is 5.56 Å². The van der Waals surface area contributed by atoms with Gasteiger partial charge in [0, 0.05) is 24.3 Å². The van der Waals surface area contributed by atoms with Gasteiger partial charge in [0.25, 0.3) is 0 Å². The molecule has 0 aliphatic rings. The second-order valence-electron chi connectivity index (χ2n) is 3.99. The molecule has 0 saturated carbocycles. The smallest absolute Gasteiger partial charge is 0.130 e. The topological polar surface area (TPSA) is 37.0 Å². The van der Waals surface area contributed by atoms with Gasteiger partial charge in [-0.2, -0.15) is 0 Å². The van der Waals surface area contributed by atoms with Gasteiger partial charge in [0.05, 0.1) is 0 Å². The Morgan fingerprint density at radius 1 is 1.40 bits per heavy atom. The fraction of sp³-hybridized carbons (Fsp3) is 0.583. The summed E-state index contributed by atoms with van der Waals surface area (Å²) in [6.07, 6.45) is 2.99. The van der Waals surface area contributed by atoms with Crippen molar-refractivity contribution in [1.29, 1.82) is 0 Å². The fourth-order valence-corrected chi connectivity index (χ4v) is 1.38. The van der Waals surface area contributed by atoms with Gasteiger partial charge in [-0.15, -0.1) is 0 Å². The molecule has 15 heavy (non-hydrogen) atoms. The molecule has 1 aromatic rings. The fourth-order valence-electron chi connectivity index (χ4n) is 1.38. The van der Waals surface area contributed by atoms with E-state index in [0.29, 0.717) is 6.04 Å². The summed E-state index contributed by atoms with van der Waals surface area (Å²) in [5.41, 5.74) is 1.24.